The largest absolute Gasteiger partial charge is 0.472 e. The number of hydrogen-bond acceptors (Lipinski definition) is 15. The summed E-state index contributed by atoms with van der Waals surface area (Å²) in [5, 5.41) is 10.7. The lowest BCUT2D eigenvalue weighted by Gasteiger charge is -2.21. The molecule has 108 heavy (non-hydrogen) atoms. The standard InChI is InChI=1S/C89H140O17P2/c1-5-9-13-17-21-25-29-33-37-39-41-43-47-50-54-58-62-66-70-74-87(92)100-80-85(106-89(94)76-72-68-64-60-56-52-48-44-42-40-38-34-30-26-22-18-14-10-6-2)82-104-108(97,98)102-78-83(90)77-101-107(95,96)103-81-84(105-88(93)75-71-67-63-59-55-51-46-36-32-28-24-20-16-12-8-4)79-99-86(91)73-69-65-61-57-53-49-45-35-31-27-23-19-15-11-7-3/h9-11,13-15,21-28,33-38,41-46,50,52-54,56-57,65,69,83-85,90H,5-8,12,16-20,29-32,39-40,47-49,51,55,58-64,66-68,70-82H2,1-4H3,(H,95,96)(H,97,98)/b13-9-,14-10-,15-11-,25-21-,26-22-,27-23-,28-24-,37-33-,38-34-,43-41-,44-42-,45-35-,46-36-,54-50-,56-52-,57-53-,69-65-. The Bertz CT molecular complexity index is 2860. The summed E-state index contributed by atoms with van der Waals surface area (Å²) in [4.78, 5) is 73.0. The maximum absolute atomic E-state index is 13.1. The lowest BCUT2D eigenvalue weighted by molar-refractivity contribution is -0.161. The van der Waals surface area contributed by atoms with E-state index >= 15 is 0 Å². The summed E-state index contributed by atoms with van der Waals surface area (Å²) in [6.45, 7) is 4.27. The number of phosphoric ester groups is 2. The highest BCUT2D eigenvalue weighted by Gasteiger charge is 2.30. The minimum absolute atomic E-state index is 0.0363. The molecule has 17 nitrogen and oxygen atoms in total. The lowest BCUT2D eigenvalue weighted by Crippen LogP contribution is -2.30. The molecule has 0 aliphatic heterocycles. The molecular formula is C89H140O17P2. The number of carbonyl (C=O) groups is 4. The molecule has 0 spiro atoms. The molecule has 0 aromatic carbocycles. The van der Waals surface area contributed by atoms with Gasteiger partial charge in [-0.1, -0.05) is 279 Å². The second kappa shape index (κ2) is 78.8. The van der Waals surface area contributed by atoms with E-state index in [0.29, 0.717) is 25.7 Å². The van der Waals surface area contributed by atoms with Crippen LogP contribution in [0.15, 0.2) is 207 Å². The molecule has 0 aromatic rings. The molecule has 0 rings (SSSR count). The molecule has 0 aromatic heterocycles. The first-order valence-electron chi connectivity index (χ1n) is 40.3. The van der Waals surface area contributed by atoms with Gasteiger partial charge < -0.3 is 33.8 Å². The van der Waals surface area contributed by atoms with Crippen LogP contribution in [0.25, 0.3) is 0 Å². The molecular weight excluding hydrogens is 1400 g/mol. The smallest absolute Gasteiger partial charge is 0.462 e. The predicted molar refractivity (Wildman–Crippen MR) is 445 cm³/mol. The topological polar surface area (TPSA) is 237 Å². The number of unbranched alkanes of at least 4 members (excludes halogenated alkanes) is 14. The number of phosphoric acid groups is 2. The highest BCUT2D eigenvalue weighted by Crippen LogP contribution is 2.45. The summed E-state index contributed by atoms with van der Waals surface area (Å²) < 4.78 is 68.5. The van der Waals surface area contributed by atoms with Gasteiger partial charge in [-0.05, 0) is 173 Å². The molecule has 0 radical (unpaired) electrons. The molecule has 0 saturated heterocycles. The van der Waals surface area contributed by atoms with Crippen LogP contribution in [0.5, 0.6) is 0 Å². The fourth-order valence-electron chi connectivity index (χ4n) is 9.73. The Morgan fingerprint density at radius 1 is 0.278 bits per heavy atom. The Morgan fingerprint density at radius 2 is 0.519 bits per heavy atom. The Balaban J connectivity index is 5.55. The van der Waals surface area contributed by atoms with Crippen LogP contribution in [-0.2, 0) is 65.4 Å². The third-order valence-electron chi connectivity index (χ3n) is 15.8. The van der Waals surface area contributed by atoms with Crippen LogP contribution >= 0.6 is 15.6 Å². The normalized spacial score (nSPS) is 14.9. The van der Waals surface area contributed by atoms with E-state index in [-0.39, 0.29) is 25.7 Å². The summed E-state index contributed by atoms with van der Waals surface area (Å²) in [5.74, 6) is -2.44. The third kappa shape index (κ3) is 77.8. The fraction of sp³-hybridized carbons (Fsp3) is 0.573. The highest BCUT2D eigenvalue weighted by molar-refractivity contribution is 7.47. The van der Waals surface area contributed by atoms with E-state index in [1.54, 1.807) is 6.08 Å². The number of aliphatic hydroxyl groups is 1. The molecule has 5 atom stereocenters. The first kappa shape index (κ1) is 102. The van der Waals surface area contributed by atoms with Gasteiger partial charge in [-0.15, -0.1) is 0 Å². The van der Waals surface area contributed by atoms with Crippen molar-refractivity contribution in [2.24, 2.45) is 0 Å². The van der Waals surface area contributed by atoms with E-state index in [1.165, 1.54) is 19.3 Å². The van der Waals surface area contributed by atoms with Crippen molar-refractivity contribution in [3.05, 3.63) is 207 Å². The van der Waals surface area contributed by atoms with Gasteiger partial charge in [0.25, 0.3) is 0 Å². The average Bonchev–Trinajstić information content (AvgIpc) is 0.896. The molecule has 0 saturated carbocycles. The van der Waals surface area contributed by atoms with Crippen LogP contribution < -0.4 is 0 Å². The molecule has 19 heteroatoms. The van der Waals surface area contributed by atoms with Crippen LogP contribution in [0.2, 0.25) is 0 Å². The van der Waals surface area contributed by atoms with Gasteiger partial charge in [0.1, 0.15) is 19.3 Å². The maximum atomic E-state index is 13.1. The van der Waals surface area contributed by atoms with Crippen molar-refractivity contribution in [2.45, 2.75) is 290 Å². The van der Waals surface area contributed by atoms with Crippen LogP contribution in [0.1, 0.15) is 272 Å². The minimum atomic E-state index is -5.02. The van der Waals surface area contributed by atoms with Crippen molar-refractivity contribution < 1.29 is 80.2 Å². The Morgan fingerprint density at radius 3 is 0.833 bits per heavy atom. The van der Waals surface area contributed by atoms with Crippen LogP contribution in [-0.4, -0.2) is 96.7 Å². The van der Waals surface area contributed by atoms with Gasteiger partial charge in [-0.3, -0.25) is 37.3 Å². The van der Waals surface area contributed by atoms with Crippen LogP contribution in [0.3, 0.4) is 0 Å². The van der Waals surface area contributed by atoms with Crippen LogP contribution in [0, 0.1) is 0 Å². The quantitative estimate of drug-likeness (QED) is 0.0169. The van der Waals surface area contributed by atoms with E-state index in [2.05, 4.69) is 210 Å². The van der Waals surface area contributed by atoms with Crippen molar-refractivity contribution in [3.63, 3.8) is 0 Å². The third-order valence-corrected chi connectivity index (χ3v) is 17.7. The number of rotatable bonds is 73. The Kier molecular flexibility index (Phi) is 74.1. The van der Waals surface area contributed by atoms with Gasteiger partial charge in [-0.25, -0.2) is 9.13 Å². The zero-order chi connectivity index (χ0) is 78.9. The van der Waals surface area contributed by atoms with E-state index in [1.807, 2.05) is 18.2 Å². The van der Waals surface area contributed by atoms with Crippen molar-refractivity contribution in [1.82, 2.24) is 0 Å². The summed E-state index contributed by atoms with van der Waals surface area (Å²) in [6, 6.07) is 0. The molecule has 0 fully saturated rings. The van der Waals surface area contributed by atoms with Gasteiger partial charge in [0.15, 0.2) is 12.2 Å². The first-order chi connectivity index (χ1) is 52.7. The molecule has 0 aliphatic rings. The van der Waals surface area contributed by atoms with Crippen molar-refractivity contribution in [1.29, 1.82) is 0 Å². The van der Waals surface area contributed by atoms with Crippen molar-refractivity contribution in [3.8, 4) is 0 Å². The lowest BCUT2D eigenvalue weighted by atomic mass is 10.1. The molecule has 0 amide bonds. The first-order valence-corrected chi connectivity index (χ1v) is 43.3. The number of aliphatic hydroxyl groups excluding tert-OH is 1. The van der Waals surface area contributed by atoms with Gasteiger partial charge in [0.2, 0.25) is 0 Å². The second-order valence-corrected chi connectivity index (χ2v) is 28.8. The average molecular weight is 1540 g/mol. The van der Waals surface area contributed by atoms with Gasteiger partial charge in [0.05, 0.1) is 32.8 Å². The van der Waals surface area contributed by atoms with E-state index in [4.69, 9.17) is 37.0 Å². The zero-order valence-electron chi connectivity index (χ0n) is 66.4. The van der Waals surface area contributed by atoms with E-state index in [9.17, 15) is 43.2 Å². The van der Waals surface area contributed by atoms with Gasteiger partial charge >= 0.3 is 39.5 Å². The number of ether oxygens (including phenoxy) is 4. The minimum Gasteiger partial charge on any atom is -0.462 e. The predicted octanol–water partition coefficient (Wildman–Crippen LogP) is 23.9. The molecule has 0 heterocycles. The van der Waals surface area contributed by atoms with Crippen molar-refractivity contribution >= 4 is 39.5 Å². The summed E-state index contributed by atoms with van der Waals surface area (Å²) in [5.41, 5.74) is 0. The zero-order valence-corrected chi connectivity index (χ0v) is 68.2. The number of esters is 4. The van der Waals surface area contributed by atoms with Gasteiger partial charge in [-0.2, -0.15) is 0 Å². The molecule has 608 valence electrons. The van der Waals surface area contributed by atoms with E-state index in [0.717, 1.165) is 173 Å². The molecule has 5 unspecified atom stereocenters. The number of carbonyl (C=O) groups excluding carboxylic acids is 4. The van der Waals surface area contributed by atoms with E-state index < -0.39 is 97.5 Å². The maximum Gasteiger partial charge on any atom is 0.472 e. The summed E-state index contributed by atoms with van der Waals surface area (Å²) >= 11 is 0. The van der Waals surface area contributed by atoms with Gasteiger partial charge in [0, 0.05) is 19.3 Å². The monoisotopic (exact) mass is 1540 g/mol. The Hall–Kier alpha value is -6.36. The molecule has 3 N–H and O–H groups in total. The second-order valence-electron chi connectivity index (χ2n) is 25.9. The fourth-order valence-corrected chi connectivity index (χ4v) is 11.3. The van der Waals surface area contributed by atoms with Crippen LogP contribution in [0.4, 0.5) is 0 Å². The van der Waals surface area contributed by atoms with Crippen molar-refractivity contribution in [2.75, 3.05) is 39.6 Å². The molecule has 0 bridgehead atoms. The number of allylic oxidation sites excluding steroid dienone is 33. The highest BCUT2D eigenvalue weighted by atomic mass is 31.2. The molecule has 0 aliphatic carbocycles. The summed E-state index contributed by atoms with van der Waals surface area (Å²) in [6.07, 6.45) is 98.3. The number of hydrogen-bond donors (Lipinski definition) is 3. The summed E-state index contributed by atoms with van der Waals surface area (Å²) in [7, 11) is -10.0. The Labute approximate surface area is 652 Å². The SMILES string of the molecule is CC/C=C\C/C=C\C/C=C\C/C=C\C/C=C\CCCCCC(=O)OCC(COP(=O)(O)OCC(O)COP(=O)(O)OCC(COC(=O)C/C=C\C/C=C\C/C=C\C/C=C\C/C=C\CC)OC(=O)CCCCCCC/C=C\C/C=C\CCCCC)OC(=O)CCCCC/C=C\C/C=C\C/C=C\C/C=C\C/C=C\CC.